The highest BCUT2D eigenvalue weighted by Gasteiger charge is 2.35. The summed E-state index contributed by atoms with van der Waals surface area (Å²) in [6.45, 7) is 1.99. The van der Waals surface area contributed by atoms with Crippen LogP contribution in [0.25, 0.3) is 6.08 Å². The minimum atomic E-state index is -0.367. The summed E-state index contributed by atoms with van der Waals surface area (Å²) < 4.78 is 0.892. The number of carbonyl (C=O) groups excluding carboxylic acids is 3. The standard InChI is InChI=1S/C20H17BrN2O3S/c1-13-4-2-7-16(10-13)22-18(24)8-9-23-19(25)17(27-20(23)26)12-14-5-3-6-15(21)11-14/h2-7,10-12H,8-9H2,1H3,(H,22,24)/b17-12-. The summed E-state index contributed by atoms with van der Waals surface area (Å²) in [6.07, 6.45) is 1.73. The summed E-state index contributed by atoms with van der Waals surface area (Å²) in [7, 11) is 0. The van der Waals surface area contributed by atoms with E-state index in [0.29, 0.717) is 10.6 Å². The monoisotopic (exact) mass is 444 g/mol. The van der Waals surface area contributed by atoms with Gasteiger partial charge >= 0.3 is 0 Å². The highest BCUT2D eigenvalue weighted by Crippen LogP contribution is 2.32. The van der Waals surface area contributed by atoms with Crippen molar-refractivity contribution >= 4 is 56.5 Å². The Balaban J connectivity index is 1.61. The van der Waals surface area contributed by atoms with Crippen LogP contribution in [0.1, 0.15) is 17.5 Å². The molecule has 0 spiro atoms. The van der Waals surface area contributed by atoms with E-state index in [1.807, 2.05) is 49.4 Å². The number of anilines is 1. The summed E-state index contributed by atoms with van der Waals surface area (Å²) in [4.78, 5) is 38.2. The molecule has 1 aliphatic rings. The molecule has 0 unspecified atom stereocenters. The van der Waals surface area contributed by atoms with E-state index >= 15 is 0 Å². The Morgan fingerprint density at radius 1 is 1.19 bits per heavy atom. The zero-order chi connectivity index (χ0) is 19.4. The van der Waals surface area contributed by atoms with Crippen LogP contribution in [0.5, 0.6) is 0 Å². The largest absolute Gasteiger partial charge is 0.326 e. The maximum Gasteiger partial charge on any atom is 0.293 e. The molecule has 1 saturated heterocycles. The first-order chi connectivity index (χ1) is 12.9. The van der Waals surface area contributed by atoms with Gasteiger partial charge in [-0.25, -0.2) is 0 Å². The summed E-state index contributed by atoms with van der Waals surface area (Å²) in [6, 6.07) is 14.9. The van der Waals surface area contributed by atoms with Crippen LogP contribution < -0.4 is 5.32 Å². The van der Waals surface area contributed by atoms with Gasteiger partial charge in [0.25, 0.3) is 11.1 Å². The van der Waals surface area contributed by atoms with Crippen molar-refractivity contribution in [3.8, 4) is 0 Å². The number of thioether (sulfide) groups is 1. The fourth-order valence-corrected chi connectivity index (χ4v) is 3.88. The molecular formula is C20H17BrN2O3S. The number of carbonyl (C=O) groups is 3. The van der Waals surface area contributed by atoms with Crippen LogP contribution in [0.15, 0.2) is 57.9 Å². The summed E-state index contributed by atoms with van der Waals surface area (Å²) in [5, 5.41) is 2.42. The lowest BCUT2D eigenvalue weighted by Crippen LogP contribution is -2.31. The molecule has 0 aromatic heterocycles. The molecule has 3 amide bonds. The van der Waals surface area contributed by atoms with Gasteiger partial charge in [0.1, 0.15) is 0 Å². The second kappa shape index (κ2) is 8.54. The van der Waals surface area contributed by atoms with Crippen molar-refractivity contribution in [2.75, 3.05) is 11.9 Å². The quantitative estimate of drug-likeness (QED) is 0.670. The number of imide groups is 1. The van der Waals surface area contributed by atoms with Crippen molar-refractivity contribution in [1.29, 1.82) is 0 Å². The second-order valence-electron chi connectivity index (χ2n) is 6.06. The van der Waals surface area contributed by atoms with Gasteiger partial charge in [-0.15, -0.1) is 0 Å². The molecule has 27 heavy (non-hydrogen) atoms. The molecule has 5 nitrogen and oxygen atoms in total. The van der Waals surface area contributed by atoms with Gasteiger partial charge in [0.15, 0.2) is 0 Å². The number of nitrogens with zero attached hydrogens (tertiary/aromatic N) is 1. The van der Waals surface area contributed by atoms with Crippen LogP contribution >= 0.6 is 27.7 Å². The Kier molecular flexibility index (Phi) is 6.13. The van der Waals surface area contributed by atoms with Crippen molar-refractivity contribution < 1.29 is 14.4 Å². The van der Waals surface area contributed by atoms with E-state index in [-0.39, 0.29) is 30.0 Å². The van der Waals surface area contributed by atoms with Crippen LogP contribution in [0.2, 0.25) is 0 Å². The normalized spacial score (nSPS) is 15.5. The van der Waals surface area contributed by atoms with Crippen LogP contribution in [-0.4, -0.2) is 28.5 Å². The minimum Gasteiger partial charge on any atom is -0.326 e. The predicted octanol–water partition coefficient (Wildman–Crippen LogP) is 4.82. The Morgan fingerprint density at radius 3 is 2.70 bits per heavy atom. The van der Waals surface area contributed by atoms with Gasteiger partial charge in [0.2, 0.25) is 5.91 Å². The maximum atomic E-state index is 12.5. The Hall–Kier alpha value is -2.38. The van der Waals surface area contributed by atoms with Gasteiger partial charge in [-0.1, -0.05) is 40.2 Å². The van der Waals surface area contributed by atoms with Gasteiger partial charge in [0.05, 0.1) is 4.91 Å². The number of benzene rings is 2. The van der Waals surface area contributed by atoms with Crippen molar-refractivity contribution in [3.63, 3.8) is 0 Å². The fourth-order valence-electron chi connectivity index (χ4n) is 2.60. The number of aryl methyl sites for hydroxylation is 1. The molecule has 3 rings (SSSR count). The smallest absolute Gasteiger partial charge is 0.293 e. The zero-order valence-corrected chi connectivity index (χ0v) is 17.0. The van der Waals surface area contributed by atoms with Crippen molar-refractivity contribution in [3.05, 3.63) is 69.0 Å². The lowest BCUT2D eigenvalue weighted by Gasteiger charge is -2.12. The number of nitrogens with one attached hydrogen (secondary N) is 1. The molecule has 0 atom stereocenters. The van der Waals surface area contributed by atoms with Crippen molar-refractivity contribution in [2.45, 2.75) is 13.3 Å². The molecule has 7 heteroatoms. The fraction of sp³-hybridized carbons (Fsp3) is 0.150. The number of hydrogen-bond acceptors (Lipinski definition) is 4. The van der Waals surface area contributed by atoms with Crippen LogP contribution in [0.3, 0.4) is 0 Å². The molecule has 2 aromatic rings. The minimum absolute atomic E-state index is 0.0517. The van der Waals surface area contributed by atoms with E-state index in [9.17, 15) is 14.4 Å². The molecule has 0 bridgehead atoms. The van der Waals surface area contributed by atoms with Gasteiger partial charge in [-0.2, -0.15) is 0 Å². The third-order valence-corrected chi connectivity index (χ3v) is 5.28. The van der Waals surface area contributed by atoms with Gasteiger partial charge in [-0.05, 0) is 60.2 Å². The molecule has 138 valence electrons. The topological polar surface area (TPSA) is 66.5 Å². The Labute approximate surface area is 169 Å². The number of amides is 3. The second-order valence-corrected chi connectivity index (χ2v) is 7.96. The summed E-state index contributed by atoms with van der Waals surface area (Å²) in [5.74, 6) is -0.607. The van der Waals surface area contributed by atoms with E-state index < -0.39 is 0 Å². The predicted molar refractivity (Wildman–Crippen MR) is 111 cm³/mol. The van der Waals surface area contributed by atoms with E-state index in [0.717, 1.165) is 32.3 Å². The lowest BCUT2D eigenvalue weighted by molar-refractivity contribution is -0.123. The van der Waals surface area contributed by atoms with Gasteiger partial charge in [0, 0.05) is 23.1 Å². The van der Waals surface area contributed by atoms with Crippen molar-refractivity contribution in [1.82, 2.24) is 4.90 Å². The maximum absolute atomic E-state index is 12.5. The molecule has 0 aliphatic carbocycles. The first kappa shape index (κ1) is 19.4. The van der Waals surface area contributed by atoms with E-state index in [2.05, 4.69) is 21.2 Å². The van der Waals surface area contributed by atoms with E-state index in [4.69, 9.17) is 0 Å². The highest BCUT2D eigenvalue weighted by molar-refractivity contribution is 9.10. The van der Waals surface area contributed by atoms with Crippen LogP contribution in [0.4, 0.5) is 10.5 Å². The number of rotatable bonds is 5. The van der Waals surface area contributed by atoms with E-state index in [1.165, 1.54) is 0 Å². The third-order valence-electron chi connectivity index (χ3n) is 3.88. The third kappa shape index (κ3) is 5.08. The van der Waals surface area contributed by atoms with Crippen molar-refractivity contribution in [2.24, 2.45) is 0 Å². The zero-order valence-electron chi connectivity index (χ0n) is 14.6. The Morgan fingerprint density at radius 2 is 1.96 bits per heavy atom. The molecule has 0 radical (unpaired) electrons. The lowest BCUT2D eigenvalue weighted by atomic mass is 10.2. The SMILES string of the molecule is Cc1cccc(NC(=O)CCN2C(=O)S/C(=C\c3cccc(Br)c3)C2=O)c1. The average molecular weight is 445 g/mol. The van der Waals surface area contributed by atoms with Gasteiger partial charge in [-0.3, -0.25) is 19.3 Å². The molecular weight excluding hydrogens is 428 g/mol. The van der Waals surface area contributed by atoms with Gasteiger partial charge < -0.3 is 5.32 Å². The molecule has 1 heterocycles. The highest BCUT2D eigenvalue weighted by atomic mass is 79.9. The van der Waals surface area contributed by atoms with Crippen LogP contribution in [-0.2, 0) is 9.59 Å². The molecule has 1 N–H and O–H groups in total. The average Bonchev–Trinajstić information content (AvgIpc) is 2.86. The summed E-state index contributed by atoms with van der Waals surface area (Å²) in [5.41, 5.74) is 2.56. The van der Waals surface area contributed by atoms with E-state index in [1.54, 1.807) is 12.1 Å². The first-order valence-corrected chi connectivity index (χ1v) is 9.91. The molecule has 1 fully saturated rings. The first-order valence-electron chi connectivity index (χ1n) is 8.30. The summed E-state index contributed by atoms with van der Waals surface area (Å²) >= 11 is 4.27. The Bertz CT molecular complexity index is 942. The van der Waals surface area contributed by atoms with Crippen LogP contribution in [0, 0.1) is 6.92 Å². The number of halogens is 1. The number of hydrogen-bond donors (Lipinski definition) is 1. The molecule has 0 saturated carbocycles. The molecule has 1 aliphatic heterocycles. The molecule has 2 aromatic carbocycles.